The zero-order valence-corrected chi connectivity index (χ0v) is 20.7. The largest absolute Gasteiger partial charge is 0.488 e. The van der Waals surface area contributed by atoms with Gasteiger partial charge in [-0.25, -0.2) is 4.90 Å². The number of halogens is 1. The minimum Gasteiger partial charge on any atom is -0.488 e. The number of ether oxygens (including phenoxy) is 1. The van der Waals surface area contributed by atoms with E-state index < -0.39 is 5.91 Å². The van der Waals surface area contributed by atoms with Crippen molar-refractivity contribution in [1.29, 1.82) is 5.41 Å². The molecule has 35 heavy (non-hydrogen) atoms. The molecule has 5 rings (SSSR count). The molecule has 3 aromatic rings. The second kappa shape index (κ2) is 10.5. The number of thioether (sulfide) groups is 1. The highest BCUT2D eigenvalue weighted by atomic mass is 35.5. The summed E-state index contributed by atoms with van der Waals surface area (Å²) >= 11 is 8.85. The first-order valence-electron chi connectivity index (χ1n) is 10.7. The van der Waals surface area contributed by atoms with Crippen LogP contribution in [0.2, 0.25) is 5.02 Å². The van der Waals surface area contributed by atoms with E-state index in [1.54, 1.807) is 29.2 Å². The minimum absolute atomic E-state index is 0.0262. The van der Waals surface area contributed by atoms with E-state index in [-0.39, 0.29) is 11.4 Å². The van der Waals surface area contributed by atoms with Gasteiger partial charge in [-0.15, -0.1) is 0 Å². The Balaban J connectivity index is 1.39. The van der Waals surface area contributed by atoms with Crippen LogP contribution in [0, 0.1) is 5.41 Å². The van der Waals surface area contributed by atoms with Gasteiger partial charge in [0.05, 0.1) is 17.5 Å². The number of aliphatic imine (C=N–C) groups is 1. The fraction of sp³-hybridized carbons (Fsp3) is 0.0769. The minimum atomic E-state index is -0.493. The van der Waals surface area contributed by atoms with Gasteiger partial charge in [-0.05, 0) is 35.4 Å². The first-order valence-corrected chi connectivity index (χ1v) is 12.8. The lowest BCUT2D eigenvalue weighted by molar-refractivity contribution is -0.114. The molecule has 0 unspecified atom stereocenters. The average molecular weight is 519 g/mol. The number of carbonyl (C=O) groups is 1. The summed E-state index contributed by atoms with van der Waals surface area (Å²) in [5, 5.41) is 10.3. The Morgan fingerprint density at radius 3 is 2.49 bits per heavy atom. The molecule has 0 radical (unpaired) electrons. The van der Waals surface area contributed by atoms with Crippen molar-refractivity contribution in [2.75, 3.05) is 0 Å². The number of carbonyl (C=O) groups excluding carboxylic acids is 1. The van der Waals surface area contributed by atoms with E-state index in [1.807, 2.05) is 60.7 Å². The third-order valence-corrected chi connectivity index (χ3v) is 7.28. The van der Waals surface area contributed by atoms with Crippen molar-refractivity contribution in [3.63, 3.8) is 0 Å². The second-order valence-corrected chi connectivity index (χ2v) is 9.75. The number of nitrogens with zero attached hydrogens (tertiary/aromatic N) is 3. The SMILES string of the molecule is N=C1/C(=C/c2cc(Cl)ccc2OCc2ccccc2)C(=O)N=C2SN=C(SCc3ccccc3)N12. The maximum absolute atomic E-state index is 12.8. The highest BCUT2D eigenvalue weighted by Crippen LogP contribution is 2.34. The lowest BCUT2D eigenvalue weighted by Gasteiger charge is -2.24. The zero-order chi connectivity index (χ0) is 24.2. The van der Waals surface area contributed by atoms with E-state index in [2.05, 4.69) is 9.39 Å². The number of amidine groups is 3. The van der Waals surface area contributed by atoms with E-state index in [0.717, 1.165) is 23.1 Å². The molecule has 1 N–H and O–H groups in total. The smallest absolute Gasteiger partial charge is 0.283 e. The van der Waals surface area contributed by atoms with Crippen LogP contribution in [-0.4, -0.2) is 27.0 Å². The van der Waals surface area contributed by atoms with Gasteiger partial charge in [0.25, 0.3) is 5.91 Å². The molecule has 6 nitrogen and oxygen atoms in total. The van der Waals surface area contributed by atoms with Gasteiger partial charge in [-0.2, -0.15) is 9.39 Å². The van der Waals surface area contributed by atoms with Crippen molar-refractivity contribution in [1.82, 2.24) is 4.90 Å². The van der Waals surface area contributed by atoms with Crippen molar-refractivity contribution in [2.24, 2.45) is 9.39 Å². The van der Waals surface area contributed by atoms with Crippen molar-refractivity contribution in [3.05, 3.63) is 106 Å². The molecule has 174 valence electrons. The molecule has 3 aromatic carbocycles. The molecule has 9 heteroatoms. The van der Waals surface area contributed by atoms with Crippen LogP contribution in [0.4, 0.5) is 0 Å². The number of hydrogen-bond acceptors (Lipinski definition) is 6. The summed E-state index contributed by atoms with van der Waals surface area (Å²) in [7, 11) is 0. The summed E-state index contributed by atoms with van der Waals surface area (Å²) in [6.07, 6.45) is 1.61. The molecule has 0 atom stereocenters. The van der Waals surface area contributed by atoms with Crippen molar-refractivity contribution < 1.29 is 9.53 Å². The predicted molar refractivity (Wildman–Crippen MR) is 145 cm³/mol. The Kier molecular flexibility index (Phi) is 7.03. The fourth-order valence-electron chi connectivity index (χ4n) is 3.47. The van der Waals surface area contributed by atoms with Crippen LogP contribution in [-0.2, 0) is 17.2 Å². The number of fused-ring (bicyclic) bond motifs is 1. The summed E-state index contributed by atoms with van der Waals surface area (Å²) in [5.74, 6) is 0.783. The number of benzene rings is 3. The maximum Gasteiger partial charge on any atom is 0.283 e. The summed E-state index contributed by atoms with van der Waals surface area (Å²) in [5.41, 5.74) is 2.91. The molecule has 2 heterocycles. The number of rotatable bonds is 6. The molecule has 2 aliphatic heterocycles. The zero-order valence-electron chi connectivity index (χ0n) is 18.3. The summed E-state index contributed by atoms with van der Waals surface area (Å²) in [6, 6.07) is 25.0. The quantitative estimate of drug-likeness (QED) is 0.300. The van der Waals surface area contributed by atoms with Crippen LogP contribution in [0.5, 0.6) is 5.75 Å². The molecule has 1 amide bonds. The van der Waals surface area contributed by atoms with Crippen LogP contribution in [0.3, 0.4) is 0 Å². The molecule has 0 saturated carbocycles. The molecule has 2 aliphatic rings. The number of amides is 1. The molecular formula is C26H19ClN4O2S2. The standard InChI is InChI=1S/C26H19ClN4O2S2/c27-20-11-12-22(33-15-17-7-3-1-4-8-17)19(13-20)14-21-23(28)31-25(29-24(21)32)35-30-26(31)34-16-18-9-5-2-6-10-18/h1-14,28H,15-16H2/b21-14-,28-23?. The van der Waals surface area contributed by atoms with Gasteiger partial charge >= 0.3 is 0 Å². The van der Waals surface area contributed by atoms with Crippen molar-refractivity contribution in [2.45, 2.75) is 12.4 Å². The molecule has 0 aliphatic carbocycles. The Bertz CT molecular complexity index is 1370. The Hall–Kier alpha value is -3.33. The summed E-state index contributed by atoms with van der Waals surface area (Å²) in [6.45, 7) is 0.363. The van der Waals surface area contributed by atoms with Crippen LogP contribution in [0.25, 0.3) is 6.08 Å². The van der Waals surface area contributed by atoms with Crippen LogP contribution in [0.1, 0.15) is 16.7 Å². The van der Waals surface area contributed by atoms with Crippen LogP contribution < -0.4 is 4.74 Å². The fourth-order valence-corrected chi connectivity index (χ4v) is 5.45. The lowest BCUT2D eigenvalue weighted by atomic mass is 10.1. The Labute approximate surface area is 216 Å². The van der Waals surface area contributed by atoms with E-state index >= 15 is 0 Å². The first kappa shape index (κ1) is 23.4. The molecule has 0 saturated heterocycles. The van der Waals surface area contributed by atoms with E-state index in [9.17, 15) is 4.79 Å². The van der Waals surface area contributed by atoms with Crippen molar-refractivity contribution >= 4 is 63.5 Å². The predicted octanol–water partition coefficient (Wildman–Crippen LogP) is 6.43. The lowest BCUT2D eigenvalue weighted by Crippen LogP contribution is -2.41. The molecule has 0 fully saturated rings. The van der Waals surface area contributed by atoms with Crippen LogP contribution in [0.15, 0.2) is 93.8 Å². The van der Waals surface area contributed by atoms with Gasteiger partial charge in [-0.3, -0.25) is 10.2 Å². The van der Waals surface area contributed by atoms with Gasteiger partial charge in [0.15, 0.2) is 5.17 Å². The third kappa shape index (κ3) is 5.35. The molecule has 0 aromatic heterocycles. The molecular weight excluding hydrogens is 500 g/mol. The number of hydrogen-bond donors (Lipinski definition) is 1. The monoisotopic (exact) mass is 518 g/mol. The highest BCUT2D eigenvalue weighted by Gasteiger charge is 2.37. The highest BCUT2D eigenvalue weighted by molar-refractivity contribution is 8.18. The maximum atomic E-state index is 12.8. The van der Waals surface area contributed by atoms with E-state index in [4.69, 9.17) is 21.7 Å². The number of nitrogens with one attached hydrogen (secondary N) is 1. The van der Waals surface area contributed by atoms with Gasteiger partial charge in [0.1, 0.15) is 18.2 Å². The first-order chi connectivity index (χ1) is 17.1. The van der Waals surface area contributed by atoms with Gasteiger partial charge in [-0.1, -0.05) is 84.0 Å². The van der Waals surface area contributed by atoms with Crippen LogP contribution >= 0.6 is 35.3 Å². The van der Waals surface area contributed by atoms with E-state index in [0.29, 0.717) is 39.0 Å². The van der Waals surface area contributed by atoms with Crippen molar-refractivity contribution in [3.8, 4) is 5.75 Å². The summed E-state index contributed by atoms with van der Waals surface area (Å²) < 4.78 is 10.5. The Morgan fingerprint density at radius 2 is 1.74 bits per heavy atom. The van der Waals surface area contributed by atoms with E-state index in [1.165, 1.54) is 11.8 Å². The third-order valence-electron chi connectivity index (χ3n) is 5.21. The molecule has 0 bridgehead atoms. The topological polar surface area (TPSA) is 78.1 Å². The molecule has 0 spiro atoms. The normalized spacial score (nSPS) is 16.3. The van der Waals surface area contributed by atoms with Gasteiger partial charge in [0.2, 0.25) is 5.17 Å². The summed E-state index contributed by atoms with van der Waals surface area (Å²) in [4.78, 5) is 18.6. The van der Waals surface area contributed by atoms with Gasteiger partial charge < -0.3 is 4.74 Å². The van der Waals surface area contributed by atoms with Gasteiger partial charge in [0, 0.05) is 16.3 Å². The second-order valence-electron chi connectivity index (χ2n) is 7.64. The average Bonchev–Trinajstić information content (AvgIpc) is 3.28. The Morgan fingerprint density at radius 1 is 1.03 bits per heavy atom.